The van der Waals surface area contributed by atoms with Gasteiger partial charge in [0.25, 0.3) is 0 Å². The van der Waals surface area contributed by atoms with Crippen molar-refractivity contribution in [3.8, 4) is 5.69 Å². The molecule has 0 unspecified atom stereocenters. The SMILES string of the molecule is CSc1ccc(-n2ncc3c(SC4CCNCC4)ncnc32)c(F)c1.Cl. The minimum absolute atomic E-state index is 0. The van der Waals surface area contributed by atoms with Crippen LogP contribution in [0.1, 0.15) is 12.8 Å². The third-order valence-electron chi connectivity index (χ3n) is 4.28. The zero-order valence-corrected chi connectivity index (χ0v) is 16.6. The van der Waals surface area contributed by atoms with E-state index in [0.717, 1.165) is 41.2 Å². The summed E-state index contributed by atoms with van der Waals surface area (Å²) >= 11 is 3.28. The van der Waals surface area contributed by atoms with E-state index in [1.165, 1.54) is 24.2 Å². The van der Waals surface area contributed by atoms with E-state index in [-0.39, 0.29) is 18.2 Å². The number of halogens is 2. The van der Waals surface area contributed by atoms with Crippen molar-refractivity contribution < 1.29 is 4.39 Å². The molecule has 1 aliphatic rings. The first-order valence-electron chi connectivity index (χ1n) is 8.16. The Balaban J connectivity index is 0.00000196. The Morgan fingerprint density at radius 1 is 1.23 bits per heavy atom. The van der Waals surface area contributed by atoms with Crippen molar-refractivity contribution in [3.63, 3.8) is 0 Å². The molecule has 0 amide bonds. The Morgan fingerprint density at radius 2 is 2.04 bits per heavy atom. The maximum Gasteiger partial charge on any atom is 0.167 e. The molecular weight excluding hydrogens is 393 g/mol. The van der Waals surface area contributed by atoms with Crippen LogP contribution in [0.5, 0.6) is 0 Å². The molecule has 0 aliphatic carbocycles. The van der Waals surface area contributed by atoms with Gasteiger partial charge >= 0.3 is 0 Å². The molecule has 2 aromatic heterocycles. The van der Waals surface area contributed by atoms with E-state index >= 15 is 0 Å². The lowest BCUT2D eigenvalue weighted by atomic mass is 10.2. The summed E-state index contributed by atoms with van der Waals surface area (Å²) in [5.41, 5.74) is 1.05. The molecule has 0 atom stereocenters. The van der Waals surface area contributed by atoms with Gasteiger partial charge < -0.3 is 5.32 Å². The Labute approximate surface area is 166 Å². The zero-order chi connectivity index (χ0) is 17.2. The molecule has 3 aromatic rings. The number of hydrogen-bond donors (Lipinski definition) is 1. The van der Waals surface area contributed by atoms with Gasteiger partial charge in [-0.3, -0.25) is 0 Å². The maximum atomic E-state index is 14.5. The first kappa shape index (κ1) is 19.4. The van der Waals surface area contributed by atoms with E-state index in [1.807, 2.05) is 12.3 Å². The van der Waals surface area contributed by atoms with Crippen LogP contribution in [-0.2, 0) is 0 Å². The second-order valence-corrected chi connectivity index (χ2v) is 8.03. The van der Waals surface area contributed by atoms with Gasteiger partial charge in [-0.25, -0.2) is 19.0 Å². The summed E-state index contributed by atoms with van der Waals surface area (Å²) in [5.74, 6) is -0.303. The summed E-state index contributed by atoms with van der Waals surface area (Å²) in [6.07, 6.45) is 7.44. The fraction of sp³-hybridized carbons (Fsp3) is 0.353. The van der Waals surface area contributed by atoms with Gasteiger partial charge in [-0.15, -0.1) is 35.9 Å². The summed E-state index contributed by atoms with van der Waals surface area (Å²) in [6, 6.07) is 5.16. The van der Waals surface area contributed by atoms with Gasteiger partial charge in [0.15, 0.2) is 5.65 Å². The summed E-state index contributed by atoms with van der Waals surface area (Å²) in [5, 5.41) is 10.1. The largest absolute Gasteiger partial charge is 0.317 e. The Bertz CT molecular complexity index is 898. The van der Waals surface area contributed by atoms with Crippen molar-refractivity contribution in [2.45, 2.75) is 28.0 Å². The normalized spacial score (nSPS) is 15.2. The highest BCUT2D eigenvalue weighted by Gasteiger charge is 2.19. The first-order valence-corrected chi connectivity index (χ1v) is 10.3. The van der Waals surface area contributed by atoms with Gasteiger partial charge in [0.1, 0.15) is 22.9 Å². The number of rotatable bonds is 4. The first-order chi connectivity index (χ1) is 12.3. The average Bonchev–Trinajstić information content (AvgIpc) is 3.07. The molecule has 1 saturated heterocycles. The van der Waals surface area contributed by atoms with Gasteiger partial charge in [-0.2, -0.15) is 5.10 Å². The van der Waals surface area contributed by atoms with Crippen molar-refractivity contribution in [2.24, 2.45) is 0 Å². The van der Waals surface area contributed by atoms with Crippen LogP contribution < -0.4 is 5.32 Å². The van der Waals surface area contributed by atoms with Gasteiger partial charge in [-0.1, -0.05) is 0 Å². The molecule has 1 N–H and O–H groups in total. The van der Waals surface area contributed by atoms with E-state index in [0.29, 0.717) is 16.6 Å². The standard InChI is InChI=1S/C17H18FN5S2.ClH/c1-24-12-2-3-15(14(18)8-12)23-16-13(9-22-23)17(21-10-20-16)25-11-4-6-19-7-5-11;/h2-3,8-11,19H,4-7H2,1H3;1H. The monoisotopic (exact) mass is 411 g/mol. The number of aromatic nitrogens is 4. The Morgan fingerprint density at radius 3 is 2.77 bits per heavy atom. The van der Waals surface area contributed by atoms with E-state index in [1.54, 1.807) is 28.7 Å². The molecule has 0 bridgehead atoms. The summed E-state index contributed by atoms with van der Waals surface area (Å²) in [4.78, 5) is 9.67. The highest BCUT2D eigenvalue weighted by Crippen LogP contribution is 2.32. The second kappa shape index (κ2) is 8.56. The quantitative estimate of drug-likeness (QED) is 0.518. The molecule has 1 aliphatic heterocycles. The van der Waals surface area contributed by atoms with Crippen LogP contribution in [0.3, 0.4) is 0 Å². The fourth-order valence-corrected chi connectivity index (χ4v) is 4.54. The lowest BCUT2D eigenvalue weighted by Crippen LogP contribution is -2.29. The number of nitrogens with zero attached hydrogens (tertiary/aromatic N) is 4. The third-order valence-corrected chi connectivity index (χ3v) is 6.36. The number of piperidine rings is 1. The van der Waals surface area contributed by atoms with Crippen LogP contribution in [0.25, 0.3) is 16.7 Å². The van der Waals surface area contributed by atoms with Crippen LogP contribution >= 0.6 is 35.9 Å². The predicted octanol–water partition coefficient (Wildman–Crippen LogP) is 3.94. The highest BCUT2D eigenvalue weighted by atomic mass is 35.5. The number of fused-ring (bicyclic) bond motifs is 1. The van der Waals surface area contributed by atoms with Crippen molar-refractivity contribution >= 4 is 47.0 Å². The van der Waals surface area contributed by atoms with Gasteiger partial charge in [0.05, 0.1) is 11.6 Å². The van der Waals surface area contributed by atoms with Crippen molar-refractivity contribution in [1.82, 2.24) is 25.1 Å². The molecule has 1 aromatic carbocycles. The third kappa shape index (κ3) is 3.83. The van der Waals surface area contributed by atoms with Gasteiger partial charge in [-0.05, 0) is 50.4 Å². The van der Waals surface area contributed by atoms with Crippen molar-refractivity contribution in [1.29, 1.82) is 0 Å². The molecule has 4 rings (SSSR count). The minimum Gasteiger partial charge on any atom is -0.317 e. The Kier molecular flexibility index (Phi) is 6.39. The fourth-order valence-electron chi connectivity index (χ4n) is 2.95. The average molecular weight is 412 g/mol. The topological polar surface area (TPSA) is 55.6 Å². The van der Waals surface area contributed by atoms with Gasteiger partial charge in [0, 0.05) is 10.1 Å². The zero-order valence-electron chi connectivity index (χ0n) is 14.2. The summed E-state index contributed by atoms with van der Waals surface area (Å²) in [7, 11) is 0. The van der Waals surface area contributed by atoms with Crippen molar-refractivity contribution in [3.05, 3.63) is 36.5 Å². The van der Waals surface area contributed by atoms with Crippen LogP contribution in [-0.4, -0.2) is 44.3 Å². The van der Waals surface area contributed by atoms with Crippen LogP contribution in [0.4, 0.5) is 4.39 Å². The van der Waals surface area contributed by atoms with E-state index in [4.69, 9.17) is 0 Å². The maximum absolute atomic E-state index is 14.5. The number of hydrogen-bond acceptors (Lipinski definition) is 6. The lowest BCUT2D eigenvalue weighted by Gasteiger charge is -2.21. The molecule has 9 heteroatoms. The molecule has 138 valence electrons. The molecule has 0 radical (unpaired) electrons. The van der Waals surface area contributed by atoms with Gasteiger partial charge in [0.2, 0.25) is 0 Å². The van der Waals surface area contributed by atoms with Crippen molar-refractivity contribution in [2.75, 3.05) is 19.3 Å². The van der Waals surface area contributed by atoms with E-state index in [2.05, 4.69) is 20.4 Å². The van der Waals surface area contributed by atoms with Crippen LogP contribution in [0.15, 0.2) is 40.6 Å². The van der Waals surface area contributed by atoms with Crippen LogP contribution in [0, 0.1) is 5.82 Å². The summed E-state index contributed by atoms with van der Waals surface area (Å²) < 4.78 is 16.0. The second-order valence-electron chi connectivity index (χ2n) is 5.86. The summed E-state index contributed by atoms with van der Waals surface area (Å²) in [6.45, 7) is 2.08. The molecule has 3 heterocycles. The lowest BCUT2D eigenvalue weighted by molar-refractivity contribution is 0.531. The smallest absolute Gasteiger partial charge is 0.167 e. The van der Waals surface area contributed by atoms with E-state index in [9.17, 15) is 4.39 Å². The Hall–Kier alpha value is -1.35. The number of nitrogens with one attached hydrogen (secondary N) is 1. The molecule has 5 nitrogen and oxygen atoms in total. The highest BCUT2D eigenvalue weighted by molar-refractivity contribution is 8.00. The number of benzene rings is 1. The number of thioether (sulfide) groups is 2. The van der Waals surface area contributed by atoms with Crippen LogP contribution in [0.2, 0.25) is 0 Å². The molecule has 0 saturated carbocycles. The molecule has 0 spiro atoms. The predicted molar refractivity (Wildman–Crippen MR) is 107 cm³/mol. The molecular formula is C17H19ClFN5S2. The molecule has 26 heavy (non-hydrogen) atoms. The molecule has 1 fully saturated rings. The van der Waals surface area contributed by atoms with E-state index < -0.39 is 0 Å². The minimum atomic E-state index is -0.303.